The van der Waals surface area contributed by atoms with Crippen LogP contribution in [0.4, 0.5) is 5.69 Å². The summed E-state index contributed by atoms with van der Waals surface area (Å²) in [6.07, 6.45) is 4.16. The third kappa shape index (κ3) is 5.42. The lowest BCUT2D eigenvalue weighted by Crippen LogP contribution is -2.37. The zero-order valence-corrected chi connectivity index (χ0v) is 20.3. The molecule has 1 N–H and O–H groups in total. The fraction of sp³-hybridized carbons (Fsp3) is 0.440. The van der Waals surface area contributed by atoms with Crippen LogP contribution in [0.2, 0.25) is 0 Å². The Hall–Kier alpha value is -2.91. The second-order valence-corrected chi connectivity index (χ2v) is 10.4. The number of anilines is 1. The fourth-order valence-electron chi connectivity index (χ4n) is 4.56. The van der Waals surface area contributed by atoms with Gasteiger partial charge in [0.05, 0.1) is 12.0 Å². The number of carbonyl (C=O) groups excluding carboxylic acids is 2. The van der Waals surface area contributed by atoms with Gasteiger partial charge in [0, 0.05) is 50.3 Å². The number of hydrogen-bond acceptors (Lipinski definition) is 5. The smallest absolute Gasteiger partial charge is 0.240 e. The summed E-state index contributed by atoms with van der Waals surface area (Å²) < 4.78 is 33.7. The number of nitrogens with one attached hydrogen (secondary N) is 1. The molecule has 0 saturated carbocycles. The lowest BCUT2D eigenvalue weighted by Gasteiger charge is -2.27. The Morgan fingerprint density at radius 1 is 0.971 bits per heavy atom. The van der Waals surface area contributed by atoms with Gasteiger partial charge in [0.25, 0.3) is 0 Å². The third-order valence-corrected chi connectivity index (χ3v) is 7.86. The average molecular weight is 486 g/mol. The normalized spacial score (nSPS) is 15.8. The van der Waals surface area contributed by atoms with Crippen LogP contribution in [0.25, 0.3) is 0 Å². The SMILES string of the molecule is COc1ccccc1CNS(=O)(=O)c1ccc2c(c1)CCN2C(=O)CCC(=O)N1CCCCC1. The first kappa shape index (κ1) is 24.2. The topological polar surface area (TPSA) is 96.0 Å². The van der Waals surface area contributed by atoms with Crippen molar-refractivity contribution in [2.75, 3.05) is 31.6 Å². The van der Waals surface area contributed by atoms with E-state index in [1.165, 1.54) is 6.07 Å². The summed E-state index contributed by atoms with van der Waals surface area (Å²) in [6.45, 7) is 2.16. The van der Waals surface area contributed by atoms with Crippen LogP contribution in [0.15, 0.2) is 47.4 Å². The number of fused-ring (bicyclic) bond motifs is 1. The Bertz CT molecular complexity index is 1160. The van der Waals surface area contributed by atoms with Crippen molar-refractivity contribution in [3.05, 3.63) is 53.6 Å². The summed E-state index contributed by atoms with van der Waals surface area (Å²) in [4.78, 5) is 28.9. The zero-order chi connectivity index (χ0) is 24.1. The van der Waals surface area contributed by atoms with E-state index in [0.717, 1.165) is 49.2 Å². The van der Waals surface area contributed by atoms with Gasteiger partial charge >= 0.3 is 0 Å². The molecule has 2 aromatic carbocycles. The number of benzene rings is 2. The van der Waals surface area contributed by atoms with Gasteiger partial charge < -0.3 is 14.5 Å². The molecule has 0 radical (unpaired) electrons. The monoisotopic (exact) mass is 485 g/mol. The van der Waals surface area contributed by atoms with E-state index in [9.17, 15) is 18.0 Å². The Morgan fingerprint density at radius 3 is 2.47 bits per heavy atom. The minimum atomic E-state index is -3.74. The first-order valence-corrected chi connectivity index (χ1v) is 13.2. The Kier molecular flexibility index (Phi) is 7.53. The number of ether oxygens (including phenoxy) is 1. The molecule has 0 aliphatic carbocycles. The molecule has 34 heavy (non-hydrogen) atoms. The van der Waals surface area contributed by atoms with Gasteiger partial charge in [-0.25, -0.2) is 13.1 Å². The van der Waals surface area contributed by atoms with Crippen molar-refractivity contribution in [1.82, 2.24) is 9.62 Å². The van der Waals surface area contributed by atoms with Crippen molar-refractivity contribution in [2.24, 2.45) is 0 Å². The minimum absolute atomic E-state index is 0.0371. The number of piperidine rings is 1. The molecule has 2 aliphatic rings. The molecule has 4 rings (SSSR count). The lowest BCUT2D eigenvalue weighted by molar-refractivity contribution is -0.133. The first-order valence-electron chi connectivity index (χ1n) is 11.7. The number of methoxy groups -OCH3 is 1. The lowest BCUT2D eigenvalue weighted by atomic mass is 10.1. The maximum absolute atomic E-state index is 12.9. The van der Waals surface area contributed by atoms with Crippen molar-refractivity contribution in [2.45, 2.75) is 50.0 Å². The maximum atomic E-state index is 12.9. The van der Waals surface area contributed by atoms with Crippen LogP contribution in [0, 0.1) is 0 Å². The van der Waals surface area contributed by atoms with E-state index in [-0.39, 0.29) is 36.1 Å². The molecule has 0 atom stereocenters. The van der Waals surface area contributed by atoms with Crippen LogP contribution in [-0.4, -0.2) is 51.9 Å². The van der Waals surface area contributed by atoms with E-state index >= 15 is 0 Å². The summed E-state index contributed by atoms with van der Waals surface area (Å²) in [7, 11) is -2.19. The highest BCUT2D eigenvalue weighted by atomic mass is 32.2. The molecule has 0 aromatic heterocycles. The van der Waals surface area contributed by atoms with Crippen LogP contribution >= 0.6 is 0 Å². The molecule has 2 amide bonds. The molecule has 9 heteroatoms. The molecule has 2 heterocycles. The number of likely N-dealkylation sites (tertiary alicyclic amines) is 1. The predicted octanol–water partition coefficient (Wildman–Crippen LogP) is 2.86. The van der Waals surface area contributed by atoms with Gasteiger partial charge in [0.15, 0.2) is 0 Å². The first-order chi connectivity index (χ1) is 16.4. The molecule has 0 unspecified atom stereocenters. The number of nitrogens with zero attached hydrogens (tertiary/aromatic N) is 2. The van der Waals surface area contributed by atoms with E-state index in [1.807, 2.05) is 23.1 Å². The van der Waals surface area contributed by atoms with Crippen LogP contribution in [-0.2, 0) is 32.6 Å². The van der Waals surface area contributed by atoms with Crippen molar-refractivity contribution < 1.29 is 22.7 Å². The van der Waals surface area contributed by atoms with Crippen LogP contribution in [0.1, 0.15) is 43.2 Å². The number of para-hydroxylation sites is 1. The molecular formula is C25H31N3O5S. The maximum Gasteiger partial charge on any atom is 0.240 e. The zero-order valence-electron chi connectivity index (χ0n) is 19.5. The van der Waals surface area contributed by atoms with Crippen molar-refractivity contribution in [1.29, 1.82) is 0 Å². The number of amides is 2. The number of carbonyl (C=O) groups is 2. The van der Waals surface area contributed by atoms with Gasteiger partial charge in [-0.3, -0.25) is 9.59 Å². The number of hydrogen-bond donors (Lipinski definition) is 1. The second-order valence-electron chi connectivity index (χ2n) is 8.66. The molecule has 0 spiro atoms. The summed E-state index contributed by atoms with van der Waals surface area (Å²) >= 11 is 0. The Labute approximate surface area is 200 Å². The summed E-state index contributed by atoms with van der Waals surface area (Å²) in [5.74, 6) is 0.552. The van der Waals surface area contributed by atoms with Gasteiger partial charge in [-0.05, 0) is 55.5 Å². The number of sulfonamides is 1. The highest BCUT2D eigenvalue weighted by Gasteiger charge is 2.27. The summed E-state index contributed by atoms with van der Waals surface area (Å²) in [5, 5.41) is 0. The fourth-order valence-corrected chi connectivity index (χ4v) is 5.62. The second kappa shape index (κ2) is 10.6. The molecule has 8 nitrogen and oxygen atoms in total. The molecule has 1 saturated heterocycles. The van der Waals surface area contributed by atoms with Crippen molar-refractivity contribution >= 4 is 27.5 Å². The predicted molar refractivity (Wildman–Crippen MR) is 129 cm³/mol. The van der Waals surface area contributed by atoms with Crippen LogP contribution in [0.3, 0.4) is 0 Å². The largest absolute Gasteiger partial charge is 0.496 e. The van der Waals surface area contributed by atoms with Gasteiger partial charge in [0.2, 0.25) is 21.8 Å². The molecule has 1 fully saturated rings. The van der Waals surface area contributed by atoms with Crippen LogP contribution < -0.4 is 14.4 Å². The van der Waals surface area contributed by atoms with E-state index < -0.39 is 10.0 Å². The highest BCUT2D eigenvalue weighted by Crippen LogP contribution is 2.31. The van der Waals surface area contributed by atoms with E-state index in [2.05, 4.69) is 4.72 Å². The highest BCUT2D eigenvalue weighted by molar-refractivity contribution is 7.89. The molecule has 2 aliphatic heterocycles. The van der Waals surface area contributed by atoms with E-state index in [1.54, 1.807) is 30.2 Å². The Morgan fingerprint density at radius 2 is 1.71 bits per heavy atom. The van der Waals surface area contributed by atoms with E-state index in [4.69, 9.17) is 4.74 Å². The molecule has 182 valence electrons. The van der Waals surface area contributed by atoms with Crippen molar-refractivity contribution in [3.63, 3.8) is 0 Å². The minimum Gasteiger partial charge on any atom is -0.496 e. The molecule has 2 aromatic rings. The number of rotatable bonds is 8. The van der Waals surface area contributed by atoms with Crippen LogP contribution in [0.5, 0.6) is 5.75 Å². The average Bonchev–Trinajstić information content (AvgIpc) is 3.30. The van der Waals surface area contributed by atoms with Gasteiger partial charge in [-0.1, -0.05) is 18.2 Å². The third-order valence-electron chi connectivity index (χ3n) is 6.46. The van der Waals surface area contributed by atoms with Gasteiger partial charge in [-0.2, -0.15) is 0 Å². The molecule has 0 bridgehead atoms. The van der Waals surface area contributed by atoms with Gasteiger partial charge in [0.1, 0.15) is 5.75 Å². The van der Waals surface area contributed by atoms with E-state index in [0.29, 0.717) is 18.7 Å². The molecular weight excluding hydrogens is 454 g/mol. The van der Waals surface area contributed by atoms with Gasteiger partial charge in [-0.15, -0.1) is 0 Å². The quantitative estimate of drug-likeness (QED) is 0.620. The summed E-state index contributed by atoms with van der Waals surface area (Å²) in [6, 6.07) is 12.1. The summed E-state index contributed by atoms with van der Waals surface area (Å²) in [5.41, 5.74) is 2.28. The van der Waals surface area contributed by atoms with Crippen molar-refractivity contribution in [3.8, 4) is 5.75 Å². The standard InChI is InChI=1S/C25H31N3O5S/c1-33-23-8-4-3-7-20(23)18-26-34(31,32)21-9-10-22-19(17-21)13-16-28(22)25(30)12-11-24(29)27-14-5-2-6-15-27/h3-4,7-10,17,26H,2,5-6,11-16,18H2,1H3. The Balaban J connectivity index is 1.38.